The number of nitrogen functional groups attached to an aromatic ring is 1. The van der Waals surface area contributed by atoms with E-state index < -0.39 is 0 Å². The average Bonchev–Trinajstić information content (AvgIpc) is 2.87. The van der Waals surface area contributed by atoms with Crippen molar-refractivity contribution in [1.82, 2.24) is 19.5 Å². The molecule has 21 heavy (non-hydrogen) atoms. The Balaban J connectivity index is 2.23. The fourth-order valence-corrected chi connectivity index (χ4v) is 2.06. The predicted octanol–water partition coefficient (Wildman–Crippen LogP) is 1.92. The summed E-state index contributed by atoms with van der Waals surface area (Å²) >= 11 is 0. The second-order valence-electron chi connectivity index (χ2n) is 4.87. The van der Waals surface area contributed by atoms with Gasteiger partial charge in [0, 0.05) is 6.42 Å². The van der Waals surface area contributed by atoms with Gasteiger partial charge in [-0.2, -0.15) is 0 Å². The Labute approximate surface area is 123 Å². The van der Waals surface area contributed by atoms with Crippen molar-refractivity contribution in [2.45, 2.75) is 32.6 Å². The molecule has 2 N–H and O–H groups in total. The van der Waals surface area contributed by atoms with Crippen LogP contribution in [0.2, 0.25) is 0 Å². The lowest BCUT2D eigenvalue weighted by atomic mass is 10.3. The average molecular weight is 291 g/mol. The fourth-order valence-electron chi connectivity index (χ4n) is 2.06. The summed E-state index contributed by atoms with van der Waals surface area (Å²) in [5.41, 5.74) is 7.18. The Morgan fingerprint density at radius 2 is 2.19 bits per heavy atom. The van der Waals surface area contributed by atoms with Gasteiger partial charge in [-0.1, -0.05) is 6.08 Å². The van der Waals surface area contributed by atoms with Crippen LogP contribution < -0.4 is 5.73 Å². The van der Waals surface area contributed by atoms with Crippen molar-refractivity contribution in [2.75, 3.05) is 18.9 Å². The van der Waals surface area contributed by atoms with Crippen molar-refractivity contribution in [3.63, 3.8) is 0 Å². The van der Waals surface area contributed by atoms with Gasteiger partial charge in [0.2, 0.25) is 0 Å². The SMILES string of the molecule is C=CCOCC[C@H](OC(C)C)n1cnc2ncnc(N)c21. The largest absolute Gasteiger partial charge is 0.382 e. The van der Waals surface area contributed by atoms with E-state index in [1.807, 2.05) is 18.4 Å². The molecule has 0 radical (unpaired) electrons. The molecule has 0 aromatic carbocycles. The molecule has 1 atom stereocenters. The molecule has 0 saturated carbocycles. The molecule has 2 aromatic heterocycles. The number of hydrogen-bond acceptors (Lipinski definition) is 6. The fraction of sp³-hybridized carbons (Fsp3) is 0.500. The molecule has 0 bridgehead atoms. The van der Waals surface area contributed by atoms with Crippen molar-refractivity contribution in [2.24, 2.45) is 0 Å². The molecule has 2 rings (SSSR count). The molecule has 0 spiro atoms. The van der Waals surface area contributed by atoms with Crippen LogP contribution >= 0.6 is 0 Å². The number of anilines is 1. The van der Waals surface area contributed by atoms with Crippen LogP contribution in [0, 0.1) is 0 Å². The van der Waals surface area contributed by atoms with Gasteiger partial charge in [-0.3, -0.25) is 4.57 Å². The lowest BCUT2D eigenvalue weighted by molar-refractivity contribution is -0.0515. The molecule has 2 aromatic rings. The molecule has 0 unspecified atom stereocenters. The highest BCUT2D eigenvalue weighted by Gasteiger charge is 2.18. The number of nitrogens with two attached hydrogens (primary N) is 1. The van der Waals surface area contributed by atoms with Crippen molar-refractivity contribution >= 4 is 17.0 Å². The van der Waals surface area contributed by atoms with E-state index in [1.54, 1.807) is 12.4 Å². The summed E-state index contributed by atoms with van der Waals surface area (Å²) in [4.78, 5) is 12.4. The Kier molecular flexibility index (Phi) is 5.24. The summed E-state index contributed by atoms with van der Waals surface area (Å²) in [6, 6.07) is 0. The maximum atomic E-state index is 5.94. The quantitative estimate of drug-likeness (QED) is 0.590. The summed E-state index contributed by atoms with van der Waals surface area (Å²) in [5, 5.41) is 0. The van der Waals surface area contributed by atoms with Crippen LogP contribution in [0.1, 0.15) is 26.5 Å². The number of imidazole rings is 1. The van der Waals surface area contributed by atoms with Crippen LogP contribution in [-0.2, 0) is 9.47 Å². The van der Waals surface area contributed by atoms with Crippen LogP contribution in [-0.4, -0.2) is 38.8 Å². The van der Waals surface area contributed by atoms with Crippen LogP contribution in [0.4, 0.5) is 5.82 Å². The lowest BCUT2D eigenvalue weighted by Crippen LogP contribution is -2.19. The van der Waals surface area contributed by atoms with Crippen molar-refractivity contribution in [3.05, 3.63) is 25.3 Å². The Bertz CT molecular complexity index is 596. The number of fused-ring (bicyclic) bond motifs is 1. The number of aromatic nitrogens is 4. The minimum Gasteiger partial charge on any atom is -0.382 e. The summed E-state index contributed by atoms with van der Waals surface area (Å²) in [7, 11) is 0. The zero-order valence-electron chi connectivity index (χ0n) is 12.4. The highest BCUT2D eigenvalue weighted by molar-refractivity contribution is 5.81. The maximum Gasteiger partial charge on any atom is 0.183 e. The van der Waals surface area contributed by atoms with E-state index in [0.717, 1.165) is 0 Å². The first-order valence-corrected chi connectivity index (χ1v) is 6.90. The first-order chi connectivity index (χ1) is 10.1. The monoisotopic (exact) mass is 291 g/mol. The van der Waals surface area contributed by atoms with Crippen molar-refractivity contribution < 1.29 is 9.47 Å². The van der Waals surface area contributed by atoms with E-state index in [1.165, 1.54) is 6.33 Å². The second kappa shape index (κ2) is 7.14. The van der Waals surface area contributed by atoms with Gasteiger partial charge in [0.15, 0.2) is 11.5 Å². The third-order valence-electron chi connectivity index (χ3n) is 2.88. The van der Waals surface area contributed by atoms with Gasteiger partial charge in [-0.05, 0) is 13.8 Å². The van der Waals surface area contributed by atoms with E-state index in [9.17, 15) is 0 Å². The molecule has 0 fully saturated rings. The molecule has 114 valence electrons. The van der Waals surface area contributed by atoms with E-state index in [4.69, 9.17) is 15.2 Å². The van der Waals surface area contributed by atoms with E-state index in [0.29, 0.717) is 36.6 Å². The van der Waals surface area contributed by atoms with E-state index >= 15 is 0 Å². The zero-order chi connectivity index (χ0) is 15.2. The van der Waals surface area contributed by atoms with Gasteiger partial charge in [0.05, 0.1) is 25.6 Å². The van der Waals surface area contributed by atoms with Crippen LogP contribution in [0.3, 0.4) is 0 Å². The summed E-state index contributed by atoms with van der Waals surface area (Å²) in [6.07, 6.45) is 5.31. The summed E-state index contributed by atoms with van der Waals surface area (Å²) in [6.45, 7) is 8.66. The summed E-state index contributed by atoms with van der Waals surface area (Å²) in [5.74, 6) is 0.391. The highest BCUT2D eigenvalue weighted by Crippen LogP contribution is 2.24. The van der Waals surface area contributed by atoms with Crippen LogP contribution in [0.5, 0.6) is 0 Å². The zero-order valence-corrected chi connectivity index (χ0v) is 12.4. The van der Waals surface area contributed by atoms with Gasteiger partial charge >= 0.3 is 0 Å². The molecule has 2 heterocycles. The molecular formula is C14H21N5O2. The molecule has 0 aliphatic rings. The lowest BCUT2D eigenvalue weighted by Gasteiger charge is -2.22. The predicted molar refractivity (Wildman–Crippen MR) is 80.6 cm³/mol. The standard InChI is InChI=1S/C14H21N5O2/c1-4-6-20-7-5-11(21-10(2)3)19-9-18-14-12(19)13(15)16-8-17-14/h4,8-11H,1,5-7H2,2-3H3,(H2,15,16,17)/t11-/m0/s1. The molecule has 7 heteroatoms. The van der Waals surface area contributed by atoms with Crippen LogP contribution in [0.15, 0.2) is 25.3 Å². The van der Waals surface area contributed by atoms with Crippen LogP contribution in [0.25, 0.3) is 11.2 Å². The number of hydrogen-bond donors (Lipinski definition) is 1. The summed E-state index contributed by atoms with van der Waals surface area (Å²) < 4.78 is 13.2. The van der Waals surface area contributed by atoms with Gasteiger partial charge in [0.1, 0.15) is 18.1 Å². The third-order valence-corrected chi connectivity index (χ3v) is 2.88. The minimum absolute atomic E-state index is 0.0673. The minimum atomic E-state index is -0.229. The maximum absolute atomic E-state index is 5.94. The van der Waals surface area contributed by atoms with E-state index in [-0.39, 0.29) is 12.3 Å². The third kappa shape index (κ3) is 3.77. The van der Waals surface area contributed by atoms with Crippen molar-refractivity contribution in [3.8, 4) is 0 Å². The molecule has 7 nitrogen and oxygen atoms in total. The molecule has 0 amide bonds. The number of nitrogens with zero attached hydrogens (tertiary/aromatic N) is 4. The Hall–Kier alpha value is -1.99. The molecule has 0 aliphatic heterocycles. The normalized spacial score (nSPS) is 12.9. The first-order valence-electron chi connectivity index (χ1n) is 6.90. The number of rotatable bonds is 8. The topological polar surface area (TPSA) is 88.1 Å². The highest BCUT2D eigenvalue weighted by atomic mass is 16.5. The van der Waals surface area contributed by atoms with Gasteiger partial charge in [-0.25, -0.2) is 15.0 Å². The first kappa shape index (κ1) is 15.4. The molecule has 0 saturated heterocycles. The van der Waals surface area contributed by atoms with Gasteiger partial charge in [-0.15, -0.1) is 6.58 Å². The van der Waals surface area contributed by atoms with Crippen molar-refractivity contribution in [1.29, 1.82) is 0 Å². The van der Waals surface area contributed by atoms with Gasteiger partial charge < -0.3 is 15.2 Å². The molecular weight excluding hydrogens is 270 g/mol. The smallest absolute Gasteiger partial charge is 0.183 e. The Morgan fingerprint density at radius 1 is 1.38 bits per heavy atom. The molecule has 0 aliphatic carbocycles. The second-order valence-corrected chi connectivity index (χ2v) is 4.87. The van der Waals surface area contributed by atoms with E-state index in [2.05, 4.69) is 21.5 Å². The number of ether oxygens (including phenoxy) is 2. The Morgan fingerprint density at radius 3 is 2.90 bits per heavy atom. The van der Waals surface area contributed by atoms with Gasteiger partial charge in [0.25, 0.3) is 0 Å².